The molecule has 2 rings (SSSR count). The summed E-state index contributed by atoms with van der Waals surface area (Å²) in [4.78, 5) is 0. The molecule has 1 aliphatic rings. The van der Waals surface area contributed by atoms with E-state index in [0.717, 1.165) is 5.56 Å². The summed E-state index contributed by atoms with van der Waals surface area (Å²) in [6, 6.07) is 4.35. The van der Waals surface area contributed by atoms with Crippen LogP contribution in [0.5, 0.6) is 5.75 Å². The Bertz CT molecular complexity index is 371. The highest BCUT2D eigenvalue weighted by Crippen LogP contribution is 2.27. The highest BCUT2D eigenvalue weighted by atomic mass is 19.1. The predicted molar refractivity (Wildman–Crippen MR) is 56.8 cm³/mol. The third-order valence-corrected chi connectivity index (χ3v) is 2.90. The molecule has 0 radical (unpaired) electrons. The average Bonchev–Trinajstić information content (AvgIpc) is 2.52. The lowest BCUT2D eigenvalue weighted by atomic mass is 10.2. The fourth-order valence-corrected chi connectivity index (χ4v) is 1.93. The van der Waals surface area contributed by atoms with E-state index in [-0.39, 0.29) is 11.9 Å². The van der Waals surface area contributed by atoms with E-state index in [4.69, 9.17) is 4.74 Å². The molecule has 0 bridgehead atoms. The van der Waals surface area contributed by atoms with Gasteiger partial charge in [-0.1, -0.05) is 6.07 Å². The van der Waals surface area contributed by atoms with Crippen molar-refractivity contribution in [1.82, 2.24) is 0 Å². The molecule has 0 heterocycles. The number of halogens is 1. The van der Waals surface area contributed by atoms with Crippen LogP contribution in [-0.4, -0.2) is 28.5 Å². The number of benzene rings is 1. The van der Waals surface area contributed by atoms with Gasteiger partial charge in [-0.3, -0.25) is 0 Å². The van der Waals surface area contributed by atoms with E-state index in [0.29, 0.717) is 18.6 Å². The van der Waals surface area contributed by atoms with Gasteiger partial charge < -0.3 is 14.9 Å². The van der Waals surface area contributed by atoms with E-state index in [1.807, 2.05) is 6.92 Å². The lowest BCUT2D eigenvalue weighted by Crippen LogP contribution is -2.17. The topological polar surface area (TPSA) is 49.7 Å². The lowest BCUT2D eigenvalue weighted by molar-refractivity contribution is 0.0438. The Kier molecular flexibility index (Phi) is 3.12. The van der Waals surface area contributed by atoms with Crippen LogP contribution in [0.15, 0.2) is 18.2 Å². The fraction of sp³-hybridized carbons (Fsp3) is 0.500. The van der Waals surface area contributed by atoms with Crippen LogP contribution in [0, 0.1) is 12.7 Å². The van der Waals surface area contributed by atoms with Crippen LogP contribution < -0.4 is 4.74 Å². The minimum atomic E-state index is -0.737. The van der Waals surface area contributed by atoms with Crippen LogP contribution in [0.3, 0.4) is 0 Å². The first kappa shape index (κ1) is 11.4. The summed E-state index contributed by atoms with van der Waals surface area (Å²) in [5.41, 5.74) is 0.845. The number of hydrogen-bond acceptors (Lipinski definition) is 3. The van der Waals surface area contributed by atoms with Crippen molar-refractivity contribution in [2.75, 3.05) is 0 Å². The van der Waals surface area contributed by atoms with Crippen molar-refractivity contribution in [3.05, 3.63) is 29.6 Å². The van der Waals surface area contributed by atoms with Gasteiger partial charge in [-0.2, -0.15) is 0 Å². The van der Waals surface area contributed by atoms with Crippen molar-refractivity contribution in [3.8, 4) is 5.75 Å². The monoisotopic (exact) mass is 226 g/mol. The molecule has 4 heteroatoms. The molecule has 0 aromatic heterocycles. The molecule has 0 unspecified atom stereocenters. The summed E-state index contributed by atoms with van der Waals surface area (Å²) in [6.07, 6.45) is -0.947. The molecular formula is C12H15FO3. The summed E-state index contributed by atoms with van der Waals surface area (Å²) >= 11 is 0. The van der Waals surface area contributed by atoms with Gasteiger partial charge in [0, 0.05) is 18.9 Å². The minimum absolute atomic E-state index is 0.245. The number of aliphatic hydroxyl groups is 2. The number of hydrogen-bond donors (Lipinski definition) is 2. The first-order valence-corrected chi connectivity index (χ1v) is 5.35. The average molecular weight is 226 g/mol. The zero-order valence-electron chi connectivity index (χ0n) is 9.06. The summed E-state index contributed by atoms with van der Waals surface area (Å²) in [5.74, 6) is 0.131. The van der Waals surface area contributed by atoms with E-state index in [9.17, 15) is 14.6 Å². The maximum absolute atomic E-state index is 13.0. The molecule has 88 valence electrons. The Morgan fingerprint density at radius 2 is 1.88 bits per heavy atom. The third kappa shape index (κ3) is 2.33. The number of ether oxygens (including phenoxy) is 1. The smallest absolute Gasteiger partial charge is 0.126 e. The van der Waals surface area contributed by atoms with Gasteiger partial charge in [0.2, 0.25) is 0 Å². The Labute approximate surface area is 93.5 Å². The Balaban J connectivity index is 2.07. The van der Waals surface area contributed by atoms with Crippen LogP contribution in [0.1, 0.15) is 18.4 Å². The van der Waals surface area contributed by atoms with Gasteiger partial charge in [-0.15, -0.1) is 0 Å². The zero-order chi connectivity index (χ0) is 11.7. The van der Waals surface area contributed by atoms with Crippen LogP contribution in [0.25, 0.3) is 0 Å². The summed E-state index contributed by atoms with van der Waals surface area (Å²) < 4.78 is 18.6. The Hall–Kier alpha value is -1.13. The summed E-state index contributed by atoms with van der Waals surface area (Å²) in [6.45, 7) is 1.83. The standard InChI is InChI=1S/C12H15FO3/c1-7-2-3-8(13)4-12(7)16-9-5-10(14)11(15)6-9/h2-4,9-11,14-15H,5-6H2,1H3/t10-,11-/m1/s1. The van der Waals surface area contributed by atoms with Crippen LogP contribution in [0.4, 0.5) is 4.39 Å². The first-order chi connectivity index (χ1) is 7.56. The molecule has 1 aromatic carbocycles. The molecule has 2 N–H and O–H groups in total. The molecule has 0 spiro atoms. The fourth-order valence-electron chi connectivity index (χ4n) is 1.93. The highest BCUT2D eigenvalue weighted by Gasteiger charge is 2.33. The van der Waals surface area contributed by atoms with Gasteiger partial charge >= 0.3 is 0 Å². The number of aryl methyl sites for hydroxylation is 1. The summed E-state index contributed by atoms with van der Waals surface area (Å²) in [5, 5.41) is 18.7. The lowest BCUT2D eigenvalue weighted by Gasteiger charge is -2.15. The van der Waals surface area contributed by atoms with Crippen molar-refractivity contribution >= 4 is 0 Å². The normalized spacial score (nSPS) is 26.0. The van der Waals surface area contributed by atoms with Gasteiger partial charge in [-0.25, -0.2) is 4.39 Å². The van der Waals surface area contributed by atoms with E-state index in [1.54, 1.807) is 6.07 Å². The van der Waals surface area contributed by atoms with Crippen molar-refractivity contribution in [2.45, 2.75) is 38.1 Å². The molecule has 0 saturated heterocycles. The minimum Gasteiger partial charge on any atom is -0.490 e. The molecule has 0 amide bonds. The molecule has 1 fully saturated rings. The van der Waals surface area contributed by atoms with Crippen molar-refractivity contribution < 1.29 is 19.3 Å². The zero-order valence-corrected chi connectivity index (χ0v) is 9.06. The highest BCUT2D eigenvalue weighted by molar-refractivity contribution is 5.32. The van der Waals surface area contributed by atoms with Crippen LogP contribution in [-0.2, 0) is 0 Å². The maximum atomic E-state index is 13.0. The molecule has 2 atom stereocenters. The molecule has 3 nitrogen and oxygen atoms in total. The van der Waals surface area contributed by atoms with Crippen molar-refractivity contribution in [2.24, 2.45) is 0 Å². The second-order valence-electron chi connectivity index (χ2n) is 4.26. The van der Waals surface area contributed by atoms with Gasteiger partial charge in [-0.05, 0) is 18.6 Å². The second-order valence-corrected chi connectivity index (χ2v) is 4.26. The van der Waals surface area contributed by atoms with Gasteiger partial charge in [0.15, 0.2) is 0 Å². The third-order valence-electron chi connectivity index (χ3n) is 2.90. The van der Waals surface area contributed by atoms with E-state index in [2.05, 4.69) is 0 Å². The molecule has 1 aromatic rings. The Morgan fingerprint density at radius 3 is 2.50 bits per heavy atom. The SMILES string of the molecule is Cc1ccc(F)cc1OC1C[C@@H](O)[C@H](O)C1. The largest absolute Gasteiger partial charge is 0.490 e. The predicted octanol–water partition coefficient (Wildman–Crippen LogP) is 1.40. The Morgan fingerprint density at radius 1 is 1.25 bits per heavy atom. The molecule has 16 heavy (non-hydrogen) atoms. The molecule has 0 aliphatic heterocycles. The van der Waals surface area contributed by atoms with Gasteiger partial charge in [0.25, 0.3) is 0 Å². The molecular weight excluding hydrogens is 211 g/mol. The van der Waals surface area contributed by atoms with E-state index in [1.165, 1.54) is 12.1 Å². The van der Waals surface area contributed by atoms with Crippen molar-refractivity contribution in [3.63, 3.8) is 0 Å². The van der Waals surface area contributed by atoms with Crippen LogP contribution in [0.2, 0.25) is 0 Å². The van der Waals surface area contributed by atoms with Crippen LogP contribution >= 0.6 is 0 Å². The molecule has 1 aliphatic carbocycles. The quantitative estimate of drug-likeness (QED) is 0.801. The van der Waals surface area contributed by atoms with Gasteiger partial charge in [0.05, 0.1) is 12.2 Å². The maximum Gasteiger partial charge on any atom is 0.126 e. The summed E-state index contributed by atoms with van der Waals surface area (Å²) in [7, 11) is 0. The first-order valence-electron chi connectivity index (χ1n) is 5.35. The molecule has 1 saturated carbocycles. The number of aliphatic hydroxyl groups excluding tert-OH is 2. The second kappa shape index (κ2) is 4.39. The van der Waals surface area contributed by atoms with Gasteiger partial charge in [0.1, 0.15) is 17.7 Å². The van der Waals surface area contributed by atoms with E-state index < -0.39 is 12.2 Å². The van der Waals surface area contributed by atoms with E-state index >= 15 is 0 Å². The van der Waals surface area contributed by atoms with Crippen molar-refractivity contribution in [1.29, 1.82) is 0 Å². The number of rotatable bonds is 2.